The van der Waals surface area contributed by atoms with Crippen molar-refractivity contribution in [2.75, 3.05) is 6.54 Å². The van der Waals surface area contributed by atoms with Gasteiger partial charge < -0.3 is 10.8 Å². The molecular formula is C14H18F3NO2. The van der Waals surface area contributed by atoms with E-state index in [2.05, 4.69) is 0 Å². The number of carboxylic acid groups (broad SMARTS) is 1. The van der Waals surface area contributed by atoms with Crippen LogP contribution in [0.1, 0.15) is 36.8 Å². The molecule has 0 amide bonds. The van der Waals surface area contributed by atoms with Crippen molar-refractivity contribution in [1.29, 1.82) is 0 Å². The van der Waals surface area contributed by atoms with Gasteiger partial charge in [-0.25, -0.2) is 0 Å². The maximum Gasteiger partial charge on any atom is 0.416 e. The summed E-state index contributed by atoms with van der Waals surface area (Å²) in [7, 11) is 0. The lowest BCUT2D eigenvalue weighted by molar-refractivity contribution is -0.141. The highest BCUT2D eigenvalue weighted by Crippen LogP contribution is 2.31. The molecule has 20 heavy (non-hydrogen) atoms. The van der Waals surface area contributed by atoms with Crippen LogP contribution in [0.25, 0.3) is 0 Å². The topological polar surface area (TPSA) is 63.3 Å². The molecule has 1 aromatic rings. The van der Waals surface area contributed by atoms with Crippen LogP contribution in [0.15, 0.2) is 24.3 Å². The van der Waals surface area contributed by atoms with E-state index in [1.807, 2.05) is 6.92 Å². The molecular weight excluding hydrogens is 271 g/mol. The number of nitrogens with two attached hydrogens (primary N) is 1. The van der Waals surface area contributed by atoms with Crippen molar-refractivity contribution in [3.63, 3.8) is 0 Å². The third kappa shape index (κ3) is 4.52. The smallest absolute Gasteiger partial charge is 0.416 e. The third-order valence-electron chi connectivity index (χ3n) is 3.39. The molecule has 0 radical (unpaired) electrons. The van der Waals surface area contributed by atoms with Crippen LogP contribution >= 0.6 is 0 Å². The van der Waals surface area contributed by atoms with E-state index in [1.165, 1.54) is 12.1 Å². The molecule has 3 nitrogen and oxygen atoms in total. The molecule has 1 rings (SSSR count). The van der Waals surface area contributed by atoms with E-state index in [-0.39, 0.29) is 12.5 Å². The van der Waals surface area contributed by atoms with Gasteiger partial charge in [-0.05, 0) is 36.5 Å². The zero-order valence-electron chi connectivity index (χ0n) is 11.2. The fourth-order valence-electron chi connectivity index (χ4n) is 1.96. The van der Waals surface area contributed by atoms with Crippen molar-refractivity contribution < 1.29 is 23.1 Å². The maximum atomic E-state index is 12.4. The molecule has 0 aliphatic heterocycles. The fourth-order valence-corrected chi connectivity index (χ4v) is 1.96. The SMILES string of the molecule is CC(CCC(CN)C(=O)O)c1ccc(C(F)(F)F)cc1. The molecule has 1 aromatic carbocycles. The van der Waals surface area contributed by atoms with E-state index in [9.17, 15) is 18.0 Å². The molecule has 0 saturated carbocycles. The van der Waals surface area contributed by atoms with Crippen molar-refractivity contribution in [2.24, 2.45) is 11.7 Å². The molecule has 0 fully saturated rings. The van der Waals surface area contributed by atoms with E-state index < -0.39 is 23.6 Å². The maximum absolute atomic E-state index is 12.4. The summed E-state index contributed by atoms with van der Waals surface area (Å²) >= 11 is 0. The minimum absolute atomic E-state index is 0.00863. The van der Waals surface area contributed by atoms with Gasteiger partial charge in [-0.2, -0.15) is 13.2 Å². The van der Waals surface area contributed by atoms with Crippen LogP contribution in [-0.2, 0) is 11.0 Å². The van der Waals surface area contributed by atoms with Crippen molar-refractivity contribution in [2.45, 2.75) is 31.9 Å². The number of halogens is 3. The molecule has 0 saturated heterocycles. The van der Waals surface area contributed by atoms with Gasteiger partial charge in [0.1, 0.15) is 0 Å². The number of carbonyl (C=O) groups is 1. The first-order valence-electron chi connectivity index (χ1n) is 6.35. The van der Waals surface area contributed by atoms with Gasteiger partial charge in [0.05, 0.1) is 11.5 Å². The van der Waals surface area contributed by atoms with Crippen molar-refractivity contribution in [1.82, 2.24) is 0 Å². The first kappa shape index (κ1) is 16.5. The standard InChI is InChI=1S/C14H18F3NO2/c1-9(2-3-11(8-18)13(19)20)10-4-6-12(7-5-10)14(15,16)17/h4-7,9,11H,2-3,8,18H2,1H3,(H,19,20). The Morgan fingerprint density at radius 2 is 1.80 bits per heavy atom. The molecule has 0 bridgehead atoms. The Labute approximate surface area is 115 Å². The Kier molecular flexibility index (Phi) is 5.56. The number of benzene rings is 1. The Bertz CT molecular complexity index is 443. The van der Waals surface area contributed by atoms with Crippen molar-refractivity contribution in [3.8, 4) is 0 Å². The Morgan fingerprint density at radius 1 is 1.25 bits per heavy atom. The molecule has 6 heteroatoms. The number of hydrogen-bond acceptors (Lipinski definition) is 2. The van der Waals surface area contributed by atoms with E-state index in [4.69, 9.17) is 10.8 Å². The van der Waals surface area contributed by atoms with Crippen LogP contribution in [0.3, 0.4) is 0 Å². The average Bonchev–Trinajstić information content (AvgIpc) is 2.38. The Morgan fingerprint density at radius 3 is 2.20 bits per heavy atom. The second-order valence-electron chi connectivity index (χ2n) is 4.87. The van der Waals surface area contributed by atoms with Crippen LogP contribution in [0.5, 0.6) is 0 Å². The largest absolute Gasteiger partial charge is 0.481 e. The molecule has 0 heterocycles. The van der Waals surface area contributed by atoms with Crippen LogP contribution in [0, 0.1) is 5.92 Å². The Balaban J connectivity index is 2.64. The van der Waals surface area contributed by atoms with E-state index in [0.717, 1.165) is 17.7 Å². The summed E-state index contributed by atoms with van der Waals surface area (Å²) in [5.41, 5.74) is 5.44. The van der Waals surface area contributed by atoms with Crippen LogP contribution < -0.4 is 5.73 Å². The van der Waals surface area contributed by atoms with E-state index >= 15 is 0 Å². The van der Waals surface area contributed by atoms with Gasteiger partial charge in [-0.1, -0.05) is 19.1 Å². The van der Waals surface area contributed by atoms with Crippen LogP contribution in [0.2, 0.25) is 0 Å². The monoisotopic (exact) mass is 289 g/mol. The lowest BCUT2D eigenvalue weighted by Crippen LogP contribution is -2.23. The van der Waals surface area contributed by atoms with E-state index in [1.54, 1.807) is 0 Å². The highest BCUT2D eigenvalue weighted by Gasteiger charge is 2.30. The lowest BCUT2D eigenvalue weighted by Gasteiger charge is -2.16. The molecule has 3 N–H and O–H groups in total. The lowest BCUT2D eigenvalue weighted by atomic mass is 9.91. The zero-order valence-corrected chi connectivity index (χ0v) is 11.2. The van der Waals surface area contributed by atoms with Gasteiger partial charge in [-0.3, -0.25) is 4.79 Å². The number of hydrogen-bond donors (Lipinski definition) is 2. The number of aliphatic carboxylic acids is 1. The van der Waals surface area contributed by atoms with Crippen molar-refractivity contribution >= 4 is 5.97 Å². The number of alkyl halides is 3. The quantitative estimate of drug-likeness (QED) is 0.845. The second-order valence-corrected chi connectivity index (χ2v) is 4.87. The normalized spacial score (nSPS) is 14.8. The summed E-state index contributed by atoms with van der Waals surface area (Å²) in [5.74, 6) is -1.55. The fraction of sp³-hybridized carbons (Fsp3) is 0.500. The summed E-state index contributed by atoms with van der Waals surface area (Å²) in [5, 5.41) is 8.88. The van der Waals surface area contributed by atoms with Gasteiger partial charge in [-0.15, -0.1) is 0 Å². The Hall–Kier alpha value is -1.56. The van der Waals surface area contributed by atoms with Gasteiger partial charge >= 0.3 is 12.1 Å². The first-order chi connectivity index (χ1) is 9.25. The van der Waals surface area contributed by atoms with Gasteiger partial charge in [0, 0.05) is 6.54 Å². The molecule has 0 aromatic heterocycles. The van der Waals surface area contributed by atoms with E-state index in [0.29, 0.717) is 12.8 Å². The van der Waals surface area contributed by atoms with Crippen LogP contribution in [0.4, 0.5) is 13.2 Å². The minimum atomic E-state index is -4.34. The van der Waals surface area contributed by atoms with Gasteiger partial charge in [0.25, 0.3) is 0 Å². The zero-order chi connectivity index (χ0) is 15.3. The summed E-state index contributed by atoms with van der Waals surface area (Å²) in [6.45, 7) is 1.92. The predicted molar refractivity (Wildman–Crippen MR) is 69.3 cm³/mol. The number of rotatable bonds is 6. The molecule has 112 valence electrons. The minimum Gasteiger partial charge on any atom is -0.481 e. The summed E-state index contributed by atoms with van der Waals surface area (Å²) in [6, 6.07) is 4.96. The summed E-state index contributed by atoms with van der Waals surface area (Å²) in [6.07, 6.45) is -3.36. The van der Waals surface area contributed by atoms with Crippen LogP contribution in [-0.4, -0.2) is 17.6 Å². The highest BCUT2D eigenvalue weighted by molar-refractivity contribution is 5.70. The first-order valence-corrected chi connectivity index (χ1v) is 6.35. The molecule has 0 aliphatic rings. The summed E-state index contributed by atoms with van der Waals surface area (Å²) in [4.78, 5) is 10.8. The third-order valence-corrected chi connectivity index (χ3v) is 3.39. The highest BCUT2D eigenvalue weighted by atomic mass is 19.4. The van der Waals surface area contributed by atoms with Crippen molar-refractivity contribution in [3.05, 3.63) is 35.4 Å². The average molecular weight is 289 g/mol. The molecule has 2 atom stereocenters. The summed E-state index contributed by atoms with van der Waals surface area (Å²) < 4.78 is 37.3. The second kappa shape index (κ2) is 6.74. The van der Waals surface area contributed by atoms with Gasteiger partial charge in [0.2, 0.25) is 0 Å². The number of carboxylic acids is 1. The molecule has 2 unspecified atom stereocenters. The van der Waals surface area contributed by atoms with Gasteiger partial charge in [0.15, 0.2) is 0 Å². The predicted octanol–water partition coefficient (Wildman–Crippen LogP) is 3.25. The molecule has 0 spiro atoms. The molecule has 0 aliphatic carbocycles.